The standard InChI is InChI=1S/C24H31N9OS/c1-15-12-21(29-22(27-15)18-6-5-10-33(13-18)11-8-25)30-24-28-20(14-35-24)23(34)26-9-7-19-16(2)31-32(4)17(19)3/h12,14,18H,5-7,9-11,13H2,1-4H3,(H,26,34)(H,27,28,29,30)/t18-/m1/s1. The summed E-state index contributed by atoms with van der Waals surface area (Å²) in [5.74, 6) is 1.44. The van der Waals surface area contributed by atoms with E-state index in [4.69, 9.17) is 10.2 Å². The van der Waals surface area contributed by atoms with Crippen molar-refractivity contribution in [2.75, 3.05) is 31.5 Å². The fourth-order valence-electron chi connectivity index (χ4n) is 4.46. The highest BCUT2D eigenvalue weighted by Gasteiger charge is 2.24. The van der Waals surface area contributed by atoms with Crippen molar-refractivity contribution in [3.8, 4) is 6.07 Å². The van der Waals surface area contributed by atoms with Gasteiger partial charge < -0.3 is 10.6 Å². The maximum atomic E-state index is 12.6. The van der Waals surface area contributed by atoms with Crippen molar-refractivity contribution in [3.05, 3.63) is 45.6 Å². The molecule has 1 aliphatic heterocycles. The van der Waals surface area contributed by atoms with Gasteiger partial charge in [0.05, 0.1) is 18.3 Å². The molecule has 1 saturated heterocycles. The van der Waals surface area contributed by atoms with Crippen LogP contribution in [0.25, 0.3) is 0 Å². The van der Waals surface area contributed by atoms with E-state index < -0.39 is 0 Å². The Hall–Kier alpha value is -3.36. The molecule has 0 radical (unpaired) electrons. The molecule has 1 atom stereocenters. The minimum atomic E-state index is -0.201. The molecule has 11 heteroatoms. The SMILES string of the molecule is Cc1cc(Nc2nc(C(=O)NCCc3c(C)nn(C)c3C)cs2)nc([C@@H]2CCCN(CC#N)C2)n1. The number of hydrogen-bond donors (Lipinski definition) is 2. The van der Waals surface area contributed by atoms with E-state index in [0.29, 0.717) is 29.7 Å². The molecule has 2 N–H and O–H groups in total. The normalized spacial score (nSPS) is 16.1. The van der Waals surface area contributed by atoms with Crippen LogP contribution in [0, 0.1) is 32.1 Å². The number of nitrogens with one attached hydrogen (secondary N) is 2. The van der Waals surface area contributed by atoms with E-state index in [1.165, 1.54) is 11.3 Å². The number of aryl methyl sites for hydroxylation is 3. The molecular formula is C24H31N9OS. The lowest BCUT2D eigenvalue weighted by Gasteiger charge is -2.30. The number of rotatable bonds is 8. The number of anilines is 2. The third-order valence-electron chi connectivity index (χ3n) is 6.33. The number of amides is 1. The summed E-state index contributed by atoms with van der Waals surface area (Å²) in [6.07, 6.45) is 2.75. The number of aromatic nitrogens is 5. The van der Waals surface area contributed by atoms with Gasteiger partial charge in [-0.05, 0) is 52.1 Å². The van der Waals surface area contributed by atoms with Gasteiger partial charge in [0.15, 0.2) is 5.13 Å². The molecule has 0 aliphatic carbocycles. The Morgan fingerprint density at radius 2 is 2.11 bits per heavy atom. The zero-order valence-corrected chi connectivity index (χ0v) is 21.4. The van der Waals surface area contributed by atoms with Crippen LogP contribution in [0.1, 0.15) is 57.7 Å². The first-order valence-corrected chi connectivity index (χ1v) is 12.7. The zero-order chi connectivity index (χ0) is 24.9. The third-order valence-corrected chi connectivity index (χ3v) is 7.09. The van der Waals surface area contributed by atoms with Crippen LogP contribution in [0.4, 0.5) is 10.9 Å². The van der Waals surface area contributed by atoms with Gasteiger partial charge in [0.1, 0.15) is 17.3 Å². The Morgan fingerprint density at radius 3 is 2.86 bits per heavy atom. The Balaban J connectivity index is 1.37. The quantitative estimate of drug-likeness (QED) is 0.459. The Labute approximate surface area is 209 Å². The van der Waals surface area contributed by atoms with Gasteiger partial charge in [-0.25, -0.2) is 15.0 Å². The second-order valence-corrected chi connectivity index (χ2v) is 9.79. The molecule has 1 amide bonds. The van der Waals surface area contributed by atoms with E-state index in [9.17, 15) is 4.79 Å². The summed E-state index contributed by atoms with van der Waals surface area (Å²) >= 11 is 1.36. The smallest absolute Gasteiger partial charge is 0.270 e. The number of piperidine rings is 1. The third kappa shape index (κ3) is 6.01. The fourth-order valence-corrected chi connectivity index (χ4v) is 5.16. The van der Waals surface area contributed by atoms with Gasteiger partial charge in [-0.2, -0.15) is 10.4 Å². The van der Waals surface area contributed by atoms with Crippen molar-refractivity contribution >= 4 is 28.2 Å². The fraction of sp³-hybridized carbons (Fsp3) is 0.500. The highest BCUT2D eigenvalue weighted by molar-refractivity contribution is 7.14. The van der Waals surface area contributed by atoms with Gasteiger partial charge in [-0.3, -0.25) is 14.4 Å². The van der Waals surface area contributed by atoms with Crippen LogP contribution in [0.2, 0.25) is 0 Å². The van der Waals surface area contributed by atoms with Gasteiger partial charge in [0, 0.05) is 48.9 Å². The van der Waals surface area contributed by atoms with Crippen LogP contribution in [-0.4, -0.2) is 61.7 Å². The van der Waals surface area contributed by atoms with Gasteiger partial charge in [0.2, 0.25) is 0 Å². The van der Waals surface area contributed by atoms with Crippen LogP contribution in [-0.2, 0) is 13.5 Å². The first kappa shape index (κ1) is 24.8. The number of hydrogen-bond acceptors (Lipinski definition) is 9. The molecule has 10 nitrogen and oxygen atoms in total. The average molecular weight is 494 g/mol. The van der Waals surface area contributed by atoms with E-state index in [1.54, 1.807) is 5.38 Å². The second-order valence-electron chi connectivity index (χ2n) is 8.93. The molecule has 0 saturated carbocycles. The van der Waals surface area contributed by atoms with Crippen LogP contribution in [0.5, 0.6) is 0 Å². The van der Waals surface area contributed by atoms with Gasteiger partial charge >= 0.3 is 0 Å². The molecule has 0 unspecified atom stereocenters. The molecular weight excluding hydrogens is 462 g/mol. The first-order valence-electron chi connectivity index (χ1n) is 11.8. The maximum Gasteiger partial charge on any atom is 0.270 e. The van der Waals surface area contributed by atoms with E-state index in [2.05, 4.69) is 36.7 Å². The van der Waals surface area contributed by atoms with Gasteiger partial charge in [0.25, 0.3) is 5.91 Å². The summed E-state index contributed by atoms with van der Waals surface area (Å²) in [5, 5.41) is 22.0. The predicted molar refractivity (Wildman–Crippen MR) is 135 cm³/mol. The first-order chi connectivity index (χ1) is 16.8. The number of carbonyl (C=O) groups is 1. The van der Waals surface area contributed by atoms with Crippen molar-refractivity contribution in [1.29, 1.82) is 5.26 Å². The van der Waals surface area contributed by atoms with E-state index >= 15 is 0 Å². The number of nitrogens with zero attached hydrogens (tertiary/aromatic N) is 7. The zero-order valence-electron chi connectivity index (χ0n) is 20.6. The Bertz CT molecular complexity index is 1240. The van der Waals surface area contributed by atoms with Crippen LogP contribution in [0.3, 0.4) is 0 Å². The van der Waals surface area contributed by atoms with Crippen molar-refractivity contribution in [3.63, 3.8) is 0 Å². The van der Waals surface area contributed by atoms with E-state index in [-0.39, 0.29) is 11.8 Å². The lowest BCUT2D eigenvalue weighted by Crippen LogP contribution is -2.35. The highest BCUT2D eigenvalue weighted by atomic mass is 32.1. The molecule has 1 aliphatic rings. The second kappa shape index (κ2) is 10.9. The molecule has 3 aromatic rings. The van der Waals surface area contributed by atoms with Crippen molar-refractivity contribution in [2.24, 2.45) is 7.05 Å². The number of thiazole rings is 1. The predicted octanol–water partition coefficient (Wildman–Crippen LogP) is 3.01. The van der Waals surface area contributed by atoms with Crippen LogP contribution in [0.15, 0.2) is 11.4 Å². The molecule has 4 rings (SSSR count). The monoisotopic (exact) mass is 493 g/mol. The number of nitriles is 1. The molecule has 35 heavy (non-hydrogen) atoms. The van der Waals surface area contributed by atoms with Crippen LogP contribution < -0.4 is 10.6 Å². The summed E-state index contributed by atoms with van der Waals surface area (Å²) in [7, 11) is 1.93. The van der Waals surface area contributed by atoms with Crippen molar-refractivity contribution in [1.82, 2.24) is 34.9 Å². The van der Waals surface area contributed by atoms with Gasteiger partial charge in [-0.1, -0.05) is 0 Å². The molecule has 4 heterocycles. The minimum absolute atomic E-state index is 0.197. The number of carbonyl (C=O) groups excluding carboxylic acids is 1. The Morgan fingerprint density at radius 1 is 1.29 bits per heavy atom. The summed E-state index contributed by atoms with van der Waals surface area (Å²) < 4.78 is 1.86. The highest BCUT2D eigenvalue weighted by Crippen LogP contribution is 2.27. The lowest BCUT2D eigenvalue weighted by atomic mass is 9.97. The van der Waals surface area contributed by atoms with Crippen LogP contribution >= 0.6 is 11.3 Å². The molecule has 0 bridgehead atoms. The average Bonchev–Trinajstić information content (AvgIpc) is 3.38. The maximum absolute atomic E-state index is 12.6. The largest absolute Gasteiger partial charge is 0.350 e. The van der Waals surface area contributed by atoms with Crippen molar-refractivity contribution < 1.29 is 4.79 Å². The lowest BCUT2D eigenvalue weighted by molar-refractivity contribution is 0.0950. The molecule has 184 valence electrons. The molecule has 0 spiro atoms. The summed E-state index contributed by atoms with van der Waals surface area (Å²) in [6, 6.07) is 4.11. The van der Waals surface area contributed by atoms with E-state index in [1.807, 2.05) is 38.6 Å². The molecule has 3 aromatic heterocycles. The van der Waals surface area contributed by atoms with Gasteiger partial charge in [-0.15, -0.1) is 11.3 Å². The van der Waals surface area contributed by atoms with E-state index in [0.717, 1.165) is 60.8 Å². The summed E-state index contributed by atoms with van der Waals surface area (Å²) in [4.78, 5) is 28.6. The molecule has 0 aromatic carbocycles. The summed E-state index contributed by atoms with van der Waals surface area (Å²) in [6.45, 7) is 8.64. The summed E-state index contributed by atoms with van der Waals surface area (Å²) in [5.41, 5.74) is 4.51. The Kier molecular flexibility index (Phi) is 7.73. The number of likely N-dealkylation sites (tertiary alicyclic amines) is 1. The molecule has 1 fully saturated rings. The topological polar surface area (TPSA) is 125 Å². The minimum Gasteiger partial charge on any atom is -0.350 e. The van der Waals surface area contributed by atoms with Crippen molar-refractivity contribution in [2.45, 2.75) is 46.0 Å².